The molecule has 1 atom stereocenters. The molecule has 0 radical (unpaired) electrons. The fourth-order valence-corrected chi connectivity index (χ4v) is 3.86. The lowest BCUT2D eigenvalue weighted by molar-refractivity contribution is -0.130. The van der Waals surface area contributed by atoms with Gasteiger partial charge in [-0.25, -0.2) is 0 Å². The number of aliphatic imine (C=N–C) groups is 1. The van der Waals surface area contributed by atoms with Crippen LogP contribution in [0.1, 0.15) is 40.5 Å². The molecule has 2 saturated heterocycles. The second-order valence-electron chi connectivity index (χ2n) is 7.85. The molecule has 2 fully saturated rings. The highest BCUT2D eigenvalue weighted by atomic mass is 127. The Morgan fingerprint density at radius 2 is 1.81 bits per heavy atom. The van der Waals surface area contributed by atoms with Crippen molar-refractivity contribution in [2.45, 2.75) is 40.5 Å². The lowest BCUT2D eigenvalue weighted by Gasteiger charge is -2.36. The van der Waals surface area contributed by atoms with Crippen molar-refractivity contribution in [3.63, 3.8) is 0 Å². The van der Waals surface area contributed by atoms with E-state index >= 15 is 0 Å². The van der Waals surface area contributed by atoms with Crippen molar-refractivity contribution < 1.29 is 4.79 Å². The van der Waals surface area contributed by atoms with E-state index in [0.717, 1.165) is 51.1 Å². The van der Waals surface area contributed by atoms with Gasteiger partial charge in [-0.15, -0.1) is 24.0 Å². The molecule has 2 aliphatic rings. The van der Waals surface area contributed by atoms with Gasteiger partial charge in [0.15, 0.2) is 5.96 Å². The summed E-state index contributed by atoms with van der Waals surface area (Å²) in [5.41, 5.74) is 0. The molecule has 0 bridgehead atoms. The van der Waals surface area contributed by atoms with Gasteiger partial charge in [-0.05, 0) is 38.1 Å². The summed E-state index contributed by atoms with van der Waals surface area (Å²) in [7, 11) is 0. The van der Waals surface area contributed by atoms with E-state index in [1.165, 1.54) is 32.5 Å². The maximum atomic E-state index is 11.5. The molecule has 1 unspecified atom stereocenters. The minimum Gasteiger partial charge on any atom is -0.357 e. The summed E-state index contributed by atoms with van der Waals surface area (Å²) in [5.74, 6) is 2.59. The van der Waals surface area contributed by atoms with Gasteiger partial charge in [0, 0.05) is 59.3 Å². The normalized spacial score (nSPS) is 22.3. The van der Waals surface area contributed by atoms with E-state index in [2.05, 4.69) is 35.9 Å². The number of piperidine rings is 1. The van der Waals surface area contributed by atoms with Gasteiger partial charge in [0.25, 0.3) is 0 Å². The van der Waals surface area contributed by atoms with E-state index in [-0.39, 0.29) is 29.9 Å². The van der Waals surface area contributed by atoms with Crippen LogP contribution in [0.25, 0.3) is 0 Å². The molecule has 0 aromatic rings. The number of piperazine rings is 1. The highest BCUT2D eigenvalue weighted by Crippen LogP contribution is 2.18. The number of halogens is 1. The lowest BCUT2D eigenvalue weighted by Crippen LogP contribution is -2.53. The fourth-order valence-electron chi connectivity index (χ4n) is 3.86. The molecule has 0 spiro atoms. The number of rotatable bonds is 5. The third-order valence-electron chi connectivity index (χ3n) is 5.09. The van der Waals surface area contributed by atoms with E-state index < -0.39 is 0 Å². The Balaban J connectivity index is 0.00000338. The van der Waals surface area contributed by atoms with Crippen molar-refractivity contribution >= 4 is 35.8 Å². The van der Waals surface area contributed by atoms with Gasteiger partial charge < -0.3 is 20.0 Å². The van der Waals surface area contributed by atoms with E-state index in [1.54, 1.807) is 6.92 Å². The molecule has 0 aliphatic carbocycles. The third-order valence-corrected chi connectivity index (χ3v) is 5.09. The summed E-state index contributed by atoms with van der Waals surface area (Å²) in [6.45, 7) is 17.1. The van der Waals surface area contributed by atoms with Crippen LogP contribution in [0, 0.1) is 11.8 Å². The van der Waals surface area contributed by atoms with Crippen molar-refractivity contribution in [3.05, 3.63) is 0 Å². The topological polar surface area (TPSA) is 51.2 Å². The molecule has 152 valence electrons. The van der Waals surface area contributed by atoms with Gasteiger partial charge in [-0.1, -0.05) is 13.8 Å². The number of amides is 1. The van der Waals surface area contributed by atoms with Gasteiger partial charge in [0.2, 0.25) is 5.91 Å². The molecule has 2 rings (SSSR count). The summed E-state index contributed by atoms with van der Waals surface area (Å²) < 4.78 is 0. The zero-order valence-electron chi connectivity index (χ0n) is 17.0. The van der Waals surface area contributed by atoms with Gasteiger partial charge in [0.05, 0.1) is 0 Å². The van der Waals surface area contributed by atoms with Crippen LogP contribution in [0.15, 0.2) is 4.99 Å². The summed E-state index contributed by atoms with van der Waals surface area (Å²) in [6, 6.07) is 0. The van der Waals surface area contributed by atoms with Crippen molar-refractivity contribution in [2.24, 2.45) is 16.8 Å². The van der Waals surface area contributed by atoms with Crippen LogP contribution in [-0.2, 0) is 4.79 Å². The zero-order valence-corrected chi connectivity index (χ0v) is 19.4. The van der Waals surface area contributed by atoms with Gasteiger partial charge in [-0.3, -0.25) is 9.79 Å². The van der Waals surface area contributed by atoms with E-state index in [0.29, 0.717) is 5.92 Å². The maximum absolute atomic E-state index is 11.5. The molecule has 2 heterocycles. The molecule has 0 saturated carbocycles. The lowest BCUT2D eigenvalue weighted by atomic mass is 9.97. The second-order valence-corrected chi connectivity index (χ2v) is 7.85. The monoisotopic (exact) mass is 479 g/mol. The van der Waals surface area contributed by atoms with Gasteiger partial charge >= 0.3 is 0 Å². The van der Waals surface area contributed by atoms with Crippen molar-refractivity contribution in [1.82, 2.24) is 20.0 Å². The van der Waals surface area contributed by atoms with Crippen molar-refractivity contribution in [2.75, 3.05) is 58.9 Å². The van der Waals surface area contributed by atoms with Crippen LogP contribution in [0.4, 0.5) is 0 Å². The van der Waals surface area contributed by atoms with E-state index in [4.69, 9.17) is 4.99 Å². The summed E-state index contributed by atoms with van der Waals surface area (Å²) in [6.07, 6.45) is 2.58. The Bertz CT molecular complexity index is 449. The number of nitrogens with one attached hydrogen (secondary N) is 1. The van der Waals surface area contributed by atoms with Crippen LogP contribution in [0.5, 0.6) is 0 Å². The van der Waals surface area contributed by atoms with Crippen LogP contribution in [-0.4, -0.2) is 85.5 Å². The quantitative estimate of drug-likeness (QED) is 0.373. The highest BCUT2D eigenvalue weighted by molar-refractivity contribution is 14.0. The number of carbonyl (C=O) groups is 1. The first-order chi connectivity index (χ1) is 12.0. The van der Waals surface area contributed by atoms with Crippen LogP contribution in [0.3, 0.4) is 0 Å². The van der Waals surface area contributed by atoms with E-state index in [1.807, 2.05) is 4.90 Å². The first kappa shape index (κ1) is 23.5. The Hall–Kier alpha value is -0.570. The van der Waals surface area contributed by atoms with Crippen LogP contribution in [0.2, 0.25) is 0 Å². The average molecular weight is 479 g/mol. The Morgan fingerprint density at radius 3 is 2.38 bits per heavy atom. The number of hydrogen-bond acceptors (Lipinski definition) is 3. The van der Waals surface area contributed by atoms with E-state index in [9.17, 15) is 4.79 Å². The predicted molar refractivity (Wildman–Crippen MR) is 119 cm³/mol. The molecule has 2 aliphatic heterocycles. The summed E-state index contributed by atoms with van der Waals surface area (Å²) in [4.78, 5) is 23.3. The Labute approximate surface area is 176 Å². The molecule has 6 nitrogen and oxygen atoms in total. The number of hydrogen-bond donors (Lipinski definition) is 1. The molecule has 1 N–H and O–H groups in total. The molecule has 0 aromatic carbocycles. The smallest absolute Gasteiger partial charge is 0.219 e. The first-order valence-electron chi connectivity index (χ1n) is 10.0. The van der Waals surface area contributed by atoms with Crippen LogP contribution >= 0.6 is 24.0 Å². The third kappa shape index (κ3) is 7.58. The van der Waals surface area contributed by atoms with Crippen LogP contribution < -0.4 is 5.32 Å². The molecular formula is C19H38IN5O. The van der Waals surface area contributed by atoms with Gasteiger partial charge in [0.1, 0.15) is 0 Å². The standard InChI is InChI=1S/C19H37N5O.HI/c1-5-20-19(24-11-9-23(10-12-24)17(4)25)21-13-18-7-6-8-22(15-18)14-16(2)3;/h16,18H,5-15H2,1-4H3,(H,20,21);1H. The summed E-state index contributed by atoms with van der Waals surface area (Å²) >= 11 is 0. The fraction of sp³-hybridized carbons (Fsp3) is 0.895. The highest BCUT2D eigenvalue weighted by Gasteiger charge is 2.23. The number of carbonyl (C=O) groups excluding carboxylic acids is 1. The minimum absolute atomic E-state index is 0. The number of guanidine groups is 1. The molecule has 7 heteroatoms. The summed E-state index contributed by atoms with van der Waals surface area (Å²) in [5, 5.41) is 3.44. The van der Waals surface area contributed by atoms with Gasteiger partial charge in [-0.2, -0.15) is 0 Å². The second kappa shape index (κ2) is 12.0. The number of nitrogens with zero attached hydrogens (tertiary/aromatic N) is 4. The molecule has 1 amide bonds. The molecule has 26 heavy (non-hydrogen) atoms. The SMILES string of the molecule is CCNC(=NCC1CCCN(CC(C)C)C1)N1CCN(C(C)=O)CC1.I. The minimum atomic E-state index is 0. The maximum Gasteiger partial charge on any atom is 0.219 e. The molecular weight excluding hydrogens is 441 g/mol. The first-order valence-corrected chi connectivity index (χ1v) is 10.0. The largest absolute Gasteiger partial charge is 0.357 e. The molecule has 0 aromatic heterocycles. The van der Waals surface area contributed by atoms with Crippen molar-refractivity contribution in [1.29, 1.82) is 0 Å². The zero-order chi connectivity index (χ0) is 18.2. The Kier molecular flexibility index (Phi) is 10.8. The predicted octanol–water partition coefficient (Wildman–Crippen LogP) is 2.10. The Morgan fingerprint density at radius 1 is 1.15 bits per heavy atom. The van der Waals surface area contributed by atoms with Crippen molar-refractivity contribution in [3.8, 4) is 0 Å². The average Bonchev–Trinajstić information content (AvgIpc) is 2.58. The number of likely N-dealkylation sites (tertiary alicyclic amines) is 1.